The van der Waals surface area contributed by atoms with Gasteiger partial charge in [-0.2, -0.15) is 0 Å². The van der Waals surface area contributed by atoms with Crippen LogP contribution in [0.4, 0.5) is 0 Å². The molecule has 2 atom stereocenters. The fraction of sp³-hybridized carbons (Fsp3) is 0.933. The molecule has 0 radical (unpaired) electrons. The van der Waals surface area contributed by atoms with Crippen molar-refractivity contribution in [3.63, 3.8) is 0 Å². The third kappa shape index (κ3) is 2.71. The molecular formula is C15H28N2O. The van der Waals surface area contributed by atoms with Crippen molar-refractivity contribution >= 4 is 5.91 Å². The summed E-state index contributed by atoms with van der Waals surface area (Å²) >= 11 is 0. The van der Waals surface area contributed by atoms with Crippen molar-refractivity contribution in [2.24, 2.45) is 16.6 Å². The van der Waals surface area contributed by atoms with Crippen LogP contribution < -0.4 is 11.1 Å². The average Bonchev–Trinajstić information content (AvgIpc) is 2.64. The van der Waals surface area contributed by atoms with Gasteiger partial charge in [0, 0.05) is 12.1 Å². The second kappa shape index (κ2) is 4.84. The molecule has 2 aliphatic carbocycles. The van der Waals surface area contributed by atoms with Crippen LogP contribution in [-0.4, -0.2) is 18.0 Å². The Labute approximate surface area is 111 Å². The lowest BCUT2D eigenvalue weighted by atomic mass is 9.75. The van der Waals surface area contributed by atoms with Crippen molar-refractivity contribution in [3.05, 3.63) is 0 Å². The molecule has 1 amide bonds. The smallest absolute Gasteiger partial charge is 0.227 e. The highest BCUT2D eigenvalue weighted by Crippen LogP contribution is 2.38. The van der Waals surface area contributed by atoms with E-state index in [0.29, 0.717) is 11.5 Å². The van der Waals surface area contributed by atoms with Crippen molar-refractivity contribution < 1.29 is 4.79 Å². The molecule has 0 spiro atoms. The zero-order valence-electron chi connectivity index (χ0n) is 12.1. The molecule has 0 aromatic heterocycles. The van der Waals surface area contributed by atoms with Crippen LogP contribution in [0.2, 0.25) is 0 Å². The highest BCUT2D eigenvalue weighted by atomic mass is 16.2. The summed E-state index contributed by atoms with van der Waals surface area (Å²) in [6, 6.07) is 0.410. The molecule has 0 aliphatic heterocycles. The molecule has 2 aliphatic rings. The van der Waals surface area contributed by atoms with E-state index in [1.165, 1.54) is 12.8 Å². The summed E-state index contributed by atoms with van der Waals surface area (Å²) < 4.78 is 0. The highest BCUT2D eigenvalue weighted by molar-refractivity contribution is 5.83. The summed E-state index contributed by atoms with van der Waals surface area (Å²) in [5.41, 5.74) is 6.23. The van der Waals surface area contributed by atoms with Gasteiger partial charge in [0.1, 0.15) is 0 Å². The zero-order valence-corrected chi connectivity index (χ0v) is 12.1. The summed E-state index contributed by atoms with van der Waals surface area (Å²) in [4.78, 5) is 12.4. The normalized spacial score (nSPS) is 36.6. The van der Waals surface area contributed by atoms with Gasteiger partial charge >= 0.3 is 0 Å². The van der Waals surface area contributed by atoms with Gasteiger partial charge in [-0.3, -0.25) is 4.79 Å². The van der Waals surface area contributed by atoms with Gasteiger partial charge in [-0.25, -0.2) is 0 Å². The Morgan fingerprint density at radius 2 is 1.72 bits per heavy atom. The van der Waals surface area contributed by atoms with Crippen LogP contribution in [0.5, 0.6) is 0 Å². The van der Waals surface area contributed by atoms with Gasteiger partial charge in [0.15, 0.2) is 0 Å². The number of carbonyl (C=O) groups excluding carboxylic acids is 1. The third-order valence-electron chi connectivity index (χ3n) is 5.22. The second-order valence-electron chi connectivity index (χ2n) is 7.33. The molecule has 18 heavy (non-hydrogen) atoms. The van der Waals surface area contributed by atoms with E-state index in [4.69, 9.17) is 5.73 Å². The van der Waals surface area contributed by atoms with Crippen LogP contribution in [0.3, 0.4) is 0 Å². The van der Waals surface area contributed by atoms with Crippen LogP contribution in [0.25, 0.3) is 0 Å². The van der Waals surface area contributed by atoms with Crippen molar-refractivity contribution in [2.45, 2.75) is 77.8 Å². The number of hydrogen-bond acceptors (Lipinski definition) is 2. The highest BCUT2D eigenvalue weighted by Gasteiger charge is 2.43. The fourth-order valence-corrected chi connectivity index (χ4v) is 3.37. The van der Waals surface area contributed by atoms with Crippen LogP contribution in [0.15, 0.2) is 0 Å². The molecule has 104 valence electrons. The molecule has 3 heteroatoms. The number of hydrogen-bond donors (Lipinski definition) is 2. The Morgan fingerprint density at radius 3 is 2.22 bits per heavy atom. The molecule has 2 saturated carbocycles. The number of rotatable bonds is 2. The monoisotopic (exact) mass is 252 g/mol. The number of carbonyl (C=O) groups is 1. The summed E-state index contributed by atoms with van der Waals surface area (Å²) in [5.74, 6) is 0.192. The average molecular weight is 252 g/mol. The lowest BCUT2D eigenvalue weighted by molar-refractivity contribution is -0.131. The first-order valence-electron chi connectivity index (χ1n) is 7.40. The summed E-state index contributed by atoms with van der Waals surface area (Å²) in [5, 5.41) is 3.25. The molecule has 2 fully saturated rings. The van der Waals surface area contributed by atoms with E-state index < -0.39 is 0 Å². The van der Waals surface area contributed by atoms with Crippen LogP contribution >= 0.6 is 0 Å². The molecule has 0 saturated heterocycles. The topological polar surface area (TPSA) is 55.1 Å². The van der Waals surface area contributed by atoms with Crippen molar-refractivity contribution in [2.75, 3.05) is 0 Å². The zero-order chi connectivity index (χ0) is 13.4. The minimum atomic E-state index is -0.326. The Morgan fingerprint density at radius 1 is 1.11 bits per heavy atom. The predicted octanol–water partition coefficient (Wildman–Crippen LogP) is 2.59. The summed E-state index contributed by atoms with van der Waals surface area (Å²) in [6.45, 7) is 6.67. The maximum Gasteiger partial charge on any atom is 0.227 e. The van der Waals surface area contributed by atoms with E-state index in [1.807, 2.05) is 6.92 Å². The minimum absolute atomic E-state index is 0.0394. The standard InChI is InChI=1S/C15H28N2O/c1-14(2)9-6-11(7-10-14)17-13(18)15(3)8-4-5-12(15)16/h11-12H,4-10,16H2,1-3H3,(H,17,18). The van der Waals surface area contributed by atoms with Gasteiger partial charge in [-0.05, 0) is 50.9 Å². The number of nitrogens with two attached hydrogens (primary N) is 1. The Hall–Kier alpha value is -0.570. The summed E-state index contributed by atoms with van der Waals surface area (Å²) in [6.07, 6.45) is 7.66. The van der Waals surface area contributed by atoms with Crippen LogP contribution in [0, 0.1) is 10.8 Å². The molecule has 2 rings (SSSR count). The predicted molar refractivity (Wildman–Crippen MR) is 74.1 cm³/mol. The summed E-state index contributed by atoms with van der Waals surface area (Å²) in [7, 11) is 0. The molecule has 0 heterocycles. The van der Waals surface area contributed by atoms with Gasteiger partial charge in [0.25, 0.3) is 0 Å². The maximum atomic E-state index is 12.4. The van der Waals surface area contributed by atoms with Crippen LogP contribution in [0.1, 0.15) is 65.7 Å². The van der Waals surface area contributed by atoms with Crippen molar-refractivity contribution in [1.82, 2.24) is 5.32 Å². The third-order valence-corrected chi connectivity index (χ3v) is 5.22. The first-order valence-corrected chi connectivity index (χ1v) is 7.40. The molecule has 3 N–H and O–H groups in total. The number of nitrogens with one attached hydrogen (secondary N) is 1. The van der Waals surface area contributed by atoms with Gasteiger partial charge in [-0.15, -0.1) is 0 Å². The van der Waals surface area contributed by atoms with Crippen LogP contribution in [-0.2, 0) is 4.79 Å². The molecule has 0 bridgehead atoms. The first-order chi connectivity index (χ1) is 8.33. The van der Waals surface area contributed by atoms with Crippen molar-refractivity contribution in [3.8, 4) is 0 Å². The van der Waals surface area contributed by atoms with E-state index in [1.54, 1.807) is 0 Å². The lowest BCUT2D eigenvalue weighted by Crippen LogP contribution is -2.51. The van der Waals surface area contributed by atoms with E-state index in [0.717, 1.165) is 32.1 Å². The Kier molecular flexibility index (Phi) is 3.72. The van der Waals surface area contributed by atoms with E-state index in [2.05, 4.69) is 19.2 Å². The largest absolute Gasteiger partial charge is 0.353 e. The van der Waals surface area contributed by atoms with Gasteiger partial charge in [0.2, 0.25) is 5.91 Å². The molecule has 0 aromatic carbocycles. The van der Waals surface area contributed by atoms with Gasteiger partial charge < -0.3 is 11.1 Å². The second-order valence-corrected chi connectivity index (χ2v) is 7.33. The fourth-order valence-electron chi connectivity index (χ4n) is 3.37. The van der Waals surface area contributed by atoms with E-state index >= 15 is 0 Å². The number of amides is 1. The SMILES string of the molecule is CC1(C)CCC(NC(=O)C2(C)CCCC2N)CC1. The minimum Gasteiger partial charge on any atom is -0.353 e. The Balaban J connectivity index is 1.89. The van der Waals surface area contributed by atoms with Gasteiger partial charge in [-0.1, -0.05) is 20.3 Å². The molecule has 3 nitrogen and oxygen atoms in total. The quantitative estimate of drug-likeness (QED) is 0.793. The van der Waals surface area contributed by atoms with E-state index in [9.17, 15) is 4.79 Å². The van der Waals surface area contributed by atoms with E-state index in [-0.39, 0.29) is 17.4 Å². The van der Waals surface area contributed by atoms with Crippen molar-refractivity contribution in [1.29, 1.82) is 0 Å². The Bertz CT molecular complexity index is 316. The molecule has 0 aromatic rings. The maximum absolute atomic E-state index is 12.4. The molecular weight excluding hydrogens is 224 g/mol. The molecule has 2 unspecified atom stereocenters. The lowest BCUT2D eigenvalue weighted by Gasteiger charge is -2.37. The first kappa shape index (κ1) is 13.9. The van der Waals surface area contributed by atoms with Gasteiger partial charge in [0.05, 0.1) is 5.41 Å².